The van der Waals surface area contributed by atoms with E-state index in [1.807, 2.05) is 0 Å². The van der Waals surface area contributed by atoms with E-state index in [0.717, 1.165) is 24.0 Å². The summed E-state index contributed by atoms with van der Waals surface area (Å²) < 4.78 is 31.7. The molecular formula is C13H15NO4S. The molecule has 5 nitrogen and oxygen atoms in total. The van der Waals surface area contributed by atoms with E-state index in [4.69, 9.17) is 4.74 Å². The fourth-order valence-electron chi connectivity index (χ4n) is 2.56. The van der Waals surface area contributed by atoms with Crippen molar-refractivity contribution in [2.45, 2.75) is 17.7 Å². The Morgan fingerprint density at radius 2 is 2.21 bits per heavy atom. The highest BCUT2D eigenvalue weighted by molar-refractivity contribution is 7.89. The van der Waals surface area contributed by atoms with Gasteiger partial charge in [-0.3, -0.25) is 0 Å². The predicted octanol–water partition coefficient (Wildman–Crippen LogP) is 0.831. The maximum absolute atomic E-state index is 12.5. The van der Waals surface area contributed by atoms with Gasteiger partial charge in [-0.2, -0.15) is 4.31 Å². The molecule has 0 aliphatic carbocycles. The molecule has 2 aliphatic rings. The number of ether oxygens (including phenoxy) is 1. The third kappa shape index (κ3) is 2.15. The summed E-state index contributed by atoms with van der Waals surface area (Å²) in [6, 6.07) is 4.97. The van der Waals surface area contributed by atoms with E-state index >= 15 is 0 Å². The first-order valence-electron chi connectivity index (χ1n) is 6.32. The third-order valence-electron chi connectivity index (χ3n) is 3.68. The van der Waals surface area contributed by atoms with Gasteiger partial charge in [0.05, 0.1) is 11.5 Å². The van der Waals surface area contributed by atoms with Crippen LogP contribution in [0.2, 0.25) is 0 Å². The van der Waals surface area contributed by atoms with E-state index in [9.17, 15) is 13.2 Å². The van der Waals surface area contributed by atoms with Gasteiger partial charge in [0.15, 0.2) is 0 Å². The van der Waals surface area contributed by atoms with Gasteiger partial charge >= 0.3 is 0 Å². The van der Waals surface area contributed by atoms with Crippen LogP contribution in [0.3, 0.4) is 0 Å². The van der Waals surface area contributed by atoms with Crippen molar-refractivity contribution in [1.82, 2.24) is 4.31 Å². The van der Waals surface area contributed by atoms with E-state index in [2.05, 4.69) is 0 Å². The summed E-state index contributed by atoms with van der Waals surface area (Å²) in [5, 5.41) is 0. The quantitative estimate of drug-likeness (QED) is 0.770. The fraction of sp³-hybridized carbons (Fsp3) is 0.462. The molecule has 2 aliphatic heterocycles. The van der Waals surface area contributed by atoms with Crippen molar-refractivity contribution < 1.29 is 17.9 Å². The van der Waals surface area contributed by atoms with Gasteiger partial charge in [0.2, 0.25) is 10.0 Å². The van der Waals surface area contributed by atoms with Crippen molar-refractivity contribution in [3.05, 3.63) is 23.8 Å². The first-order valence-corrected chi connectivity index (χ1v) is 7.76. The topological polar surface area (TPSA) is 63.7 Å². The Kier molecular flexibility index (Phi) is 3.06. The molecule has 1 aromatic rings. The van der Waals surface area contributed by atoms with Crippen molar-refractivity contribution in [3.8, 4) is 5.75 Å². The highest BCUT2D eigenvalue weighted by atomic mass is 32.2. The Balaban J connectivity index is 1.90. The second-order valence-corrected chi connectivity index (χ2v) is 6.85. The van der Waals surface area contributed by atoms with Gasteiger partial charge in [0.25, 0.3) is 0 Å². The molecular weight excluding hydrogens is 266 g/mol. The minimum Gasteiger partial charge on any atom is -0.493 e. The first kappa shape index (κ1) is 12.6. The number of fused-ring (bicyclic) bond motifs is 1. The fourth-order valence-corrected chi connectivity index (χ4v) is 4.12. The summed E-state index contributed by atoms with van der Waals surface area (Å²) in [7, 11) is -3.48. The van der Waals surface area contributed by atoms with E-state index in [-0.39, 0.29) is 5.92 Å². The molecule has 1 fully saturated rings. The van der Waals surface area contributed by atoms with Crippen LogP contribution in [-0.4, -0.2) is 38.7 Å². The standard InChI is InChI=1S/C13H15NO4S/c15-9-10-3-5-14(8-10)19(16,17)12-1-2-13-11(7-12)4-6-18-13/h1-2,7,9-10H,3-6,8H2/t10-/m1/s1. The van der Waals surface area contributed by atoms with Crippen molar-refractivity contribution >= 4 is 16.3 Å². The summed E-state index contributed by atoms with van der Waals surface area (Å²) in [6.45, 7) is 1.31. The van der Waals surface area contributed by atoms with Crippen LogP contribution in [0.4, 0.5) is 0 Å². The molecule has 6 heteroatoms. The van der Waals surface area contributed by atoms with Gasteiger partial charge in [-0.05, 0) is 30.2 Å². The lowest BCUT2D eigenvalue weighted by atomic mass is 10.2. The minimum atomic E-state index is -3.48. The van der Waals surface area contributed by atoms with Crippen molar-refractivity contribution in [1.29, 1.82) is 0 Å². The normalized spacial score (nSPS) is 23.1. The molecule has 0 amide bonds. The molecule has 0 saturated carbocycles. The molecule has 0 aromatic heterocycles. The monoisotopic (exact) mass is 281 g/mol. The van der Waals surface area contributed by atoms with Crippen LogP contribution in [0.15, 0.2) is 23.1 Å². The Morgan fingerprint density at radius 3 is 2.95 bits per heavy atom. The molecule has 0 unspecified atom stereocenters. The maximum Gasteiger partial charge on any atom is 0.243 e. The molecule has 0 spiro atoms. The first-order chi connectivity index (χ1) is 9.11. The summed E-state index contributed by atoms with van der Waals surface area (Å²) in [6.07, 6.45) is 2.19. The Bertz CT molecular complexity index is 611. The molecule has 19 heavy (non-hydrogen) atoms. The van der Waals surface area contributed by atoms with Crippen LogP contribution in [0.25, 0.3) is 0 Å². The molecule has 1 aromatic carbocycles. The number of carbonyl (C=O) groups excluding carboxylic acids is 1. The van der Waals surface area contributed by atoms with Gasteiger partial charge in [-0.1, -0.05) is 0 Å². The zero-order valence-corrected chi connectivity index (χ0v) is 11.2. The van der Waals surface area contributed by atoms with Crippen molar-refractivity contribution in [2.75, 3.05) is 19.7 Å². The van der Waals surface area contributed by atoms with E-state index in [0.29, 0.717) is 31.0 Å². The number of carbonyl (C=O) groups is 1. The number of rotatable bonds is 3. The highest BCUT2D eigenvalue weighted by Gasteiger charge is 2.32. The van der Waals surface area contributed by atoms with Crippen molar-refractivity contribution in [3.63, 3.8) is 0 Å². The van der Waals surface area contributed by atoms with Crippen molar-refractivity contribution in [2.24, 2.45) is 5.92 Å². The zero-order chi connectivity index (χ0) is 13.5. The predicted molar refractivity (Wildman–Crippen MR) is 68.6 cm³/mol. The smallest absolute Gasteiger partial charge is 0.243 e. The van der Waals surface area contributed by atoms with Crippen LogP contribution in [0.5, 0.6) is 5.75 Å². The van der Waals surface area contributed by atoms with Crippen LogP contribution in [0.1, 0.15) is 12.0 Å². The molecule has 0 radical (unpaired) electrons. The Labute approximate surface area is 112 Å². The second-order valence-electron chi connectivity index (χ2n) is 4.92. The molecule has 0 bridgehead atoms. The van der Waals surface area contributed by atoms with E-state index < -0.39 is 10.0 Å². The number of hydrogen-bond acceptors (Lipinski definition) is 4. The number of aldehydes is 1. The molecule has 3 rings (SSSR count). The van der Waals surface area contributed by atoms with Crippen LogP contribution >= 0.6 is 0 Å². The maximum atomic E-state index is 12.5. The summed E-state index contributed by atoms with van der Waals surface area (Å²) >= 11 is 0. The Morgan fingerprint density at radius 1 is 1.37 bits per heavy atom. The molecule has 1 saturated heterocycles. The van der Waals surface area contributed by atoms with E-state index in [1.54, 1.807) is 18.2 Å². The van der Waals surface area contributed by atoms with Gasteiger partial charge in [-0.15, -0.1) is 0 Å². The third-order valence-corrected chi connectivity index (χ3v) is 5.54. The zero-order valence-electron chi connectivity index (χ0n) is 10.4. The van der Waals surface area contributed by atoms with Gasteiger partial charge in [0.1, 0.15) is 12.0 Å². The lowest BCUT2D eigenvalue weighted by Crippen LogP contribution is -2.29. The number of benzene rings is 1. The molecule has 0 N–H and O–H groups in total. The highest BCUT2D eigenvalue weighted by Crippen LogP contribution is 2.30. The Hall–Kier alpha value is -1.40. The molecule has 1 atom stereocenters. The number of hydrogen-bond donors (Lipinski definition) is 0. The van der Waals surface area contributed by atoms with Gasteiger partial charge < -0.3 is 9.53 Å². The lowest BCUT2D eigenvalue weighted by molar-refractivity contribution is -0.110. The largest absolute Gasteiger partial charge is 0.493 e. The minimum absolute atomic E-state index is 0.174. The average molecular weight is 281 g/mol. The number of nitrogens with zero attached hydrogens (tertiary/aromatic N) is 1. The van der Waals surface area contributed by atoms with Crippen LogP contribution in [0, 0.1) is 5.92 Å². The van der Waals surface area contributed by atoms with E-state index in [1.165, 1.54) is 4.31 Å². The van der Waals surface area contributed by atoms with Crippen LogP contribution < -0.4 is 4.74 Å². The lowest BCUT2D eigenvalue weighted by Gasteiger charge is -2.16. The SMILES string of the molecule is O=C[C@@H]1CCN(S(=O)(=O)c2ccc3c(c2)CCO3)C1. The number of sulfonamides is 1. The molecule has 102 valence electrons. The summed E-state index contributed by atoms with van der Waals surface area (Å²) in [4.78, 5) is 11.0. The van der Waals surface area contributed by atoms with Gasteiger partial charge in [-0.25, -0.2) is 8.42 Å². The molecule has 2 heterocycles. The summed E-state index contributed by atoms with van der Waals surface area (Å²) in [5.41, 5.74) is 0.937. The summed E-state index contributed by atoms with van der Waals surface area (Å²) in [5.74, 6) is 0.596. The average Bonchev–Trinajstić information content (AvgIpc) is 3.06. The van der Waals surface area contributed by atoms with Crippen LogP contribution in [-0.2, 0) is 21.2 Å². The van der Waals surface area contributed by atoms with Gasteiger partial charge in [0, 0.05) is 25.4 Å². The second kappa shape index (κ2) is 4.61.